The predicted molar refractivity (Wildman–Crippen MR) is 73.1 cm³/mol. The Labute approximate surface area is 121 Å². The fourth-order valence-corrected chi connectivity index (χ4v) is 1.60. The summed E-state index contributed by atoms with van der Waals surface area (Å²) >= 11 is 0. The number of aliphatic carboxylic acids is 1. The molecule has 8 heteroatoms. The molecule has 0 aliphatic heterocycles. The first-order chi connectivity index (χ1) is 9.81. The molecule has 0 unspecified atom stereocenters. The number of carboxylic acid groups (broad SMARTS) is 1. The van der Waals surface area contributed by atoms with Crippen LogP contribution in [0.15, 0.2) is 24.3 Å². The van der Waals surface area contributed by atoms with Gasteiger partial charge < -0.3 is 14.7 Å². The van der Waals surface area contributed by atoms with Crippen molar-refractivity contribution in [3.05, 3.63) is 34.4 Å². The van der Waals surface area contributed by atoms with Crippen LogP contribution in [0.2, 0.25) is 0 Å². The van der Waals surface area contributed by atoms with Gasteiger partial charge in [-0.1, -0.05) is 0 Å². The van der Waals surface area contributed by atoms with Crippen LogP contribution in [-0.2, 0) is 9.59 Å². The molecule has 0 radical (unpaired) electrons. The number of hydrogen-bond acceptors (Lipinski definition) is 5. The molecule has 0 fully saturated rings. The molecule has 1 amide bonds. The molecule has 0 bridgehead atoms. The monoisotopic (exact) mass is 296 g/mol. The van der Waals surface area contributed by atoms with E-state index in [1.54, 1.807) is 13.8 Å². The molecule has 1 rings (SSSR count). The van der Waals surface area contributed by atoms with Crippen LogP contribution in [0, 0.1) is 10.1 Å². The normalized spacial score (nSPS) is 10.2. The van der Waals surface area contributed by atoms with Gasteiger partial charge in [0.1, 0.15) is 12.3 Å². The lowest BCUT2D eigenvalue weighted by Crippen LogP contribution is -2.43. The molecule has 114 valence electrons. The summed E-state index contributed by atoms with van der Waals surface area (Å²) in [6, 6.07) is 5.01. The maximum Gasteiger partial charge on any atom is 0.323 e. The van der Waals surface area contributed by atoms with E-state index in [1.165, 1.54) is 29.2 Å². The highest BCUT2D eigenvalue weighted by molar-refractivity contribution is 5.82. The summed E-state index contributed by atoms with van der Waals surface area (Å²) in [5.41, 5.74) is -0.0802. The summed E-state index contributed by atoms with van der Waals surface area (Å²) in [6.07, 6.45) is 0. The lowest BCUT2D eigenvalue weighted by atomic mass is 10.3. The summed E-state index contributed by atoms with van der Waals surface area (Å²) in [6.45, 7) is 2.67. The second-order valence-electron chi connectivity index (χ2n) is 4.55. The molecule has 1 N–H and O–H groups in total. The molecule has 1 aromatic rings. The molecule has 0 spiro atoms. The van der Waals surface area contributed by atoms with Crippen LogP contribution in [-0.4, -0.2) is 46.0 Å². The van der Waals surface area contributed by atoms with Gasteiger partial charge in [-0.2, -0.15) is 0 Å². The third kappa shape index (κ3) is 5.09. The zero-order valence-electron chi connectivity index (χ0n) is 11.7. The highest BCUT2D eigenvalue weighted by Gasteiger charge is 2.20. The SMILES string of the molecule is CC(C)N(CC(=O)O)C(=O)COc1ccc([N+](=O)[O-])cc1. The average Bonchev–Trinajstić information content (AvgIpc) is 2.42. The first kappa shape index (κ1) is 16.4. The number of carbonyl (C=O) groups is 2. The van der Waals surface area contributed by atoms with Gasteiger partial charge in [-0.3, -0.25) is 19.7 Å². The van der Waals surface area contributed by atoms with Crippen LogP contribution in [0.4, 0.5) is 5.69 Å². The van der Waals surface area contributed by atoms with Gasteiger partial charge >= 0.3 is 5.97 Å². The van der Waals surface area contributed by atoms with Gasteiger partial charge in [0.05, 0.1) is 4.92 Å². The summed E-state index contributed by atoms with van der Waals surface area (Å²) in [4.78, 5) is 33.7. The second-order valence-corrected chi connectivity index (χ2v) is 4.55. The highest BCUT2D eigenvalue weighted by atomic mass is 16.6. The predicted octanol–water partition coefficient (Wildman–Crippen LogP) is 1.30. The molecular weight excluding hydrogens is 280 g/mol. The Hall–Kier alpha value is -2.64. The van der Waals surface area contributed by atoms with E-state index in [1.807, 2.05) is 0 Å². The molecule has 8 nitrogen and oxygen atoms in total. The average molecular weight is 296 g/mol. The van der Waals surface area contributed by atoms with Crippen molar-refractivity contribution < 1.29 is 24.4 Å². The van der Waals surface area contributed by atoms with Crippen molar-refractivity contribution in [3.8, 4) is 5.75 Å². The number of carbonyl (C=O) groups excluding carboxylic acids is 1. The number of hydrogen-bond donors (Lipinski definition) is 1. The molecule has 0 saturated carbocycles. The van der Waals surface area contributed by atoms with Gasteiger partial charge in [0.25, 0.3) is 11.6 Å². The van der Waals surface area contributed by atoms with E-state index in [2.05, 4.69) is 0 Å². The third-order valence-corrected chi connectivity index (χ3v) is 2.66. The van der Waals surface area contributed by atoms with E-state index in [9.17, 15) is 19.7 Å². The zero-order valence-corrected chi connectivity index (χ0v) is 11.7. The van der Waals surface area contributed by atoms with Gasteiger partial charge in [0.15, 0.2) is 6.61 Å². The van der Waals surface area contributed by atoms with Crippen LogP contribution >= 0.6 is 0 Å². The number of nitro groups is 1. The van der Waals surface area contributed by atoms with Crippen molar-refractivity contribution in [1.29, 1.82) is 0 Å². The number of rotatable bonds is 7. The quantitative estimate of drug-likeness (QED) is 0.599. The van der Waals surface area contributed by atoms with Crippen LogP contribution in [0.3, 0.4) is 0 Å². The Morgan fingerprint density at radius 2 is 1.90 bits per heavy atom. The first-order valence-corrected chi connectivity index (χ1v) is 6.19. The van der Waals surface area contributed by atoms with Gasteiger partial charge in [0.2, 0.25) is 0 Å². The minimum absolute atomic E-state index is 0.0802. The molecule has 0 aliphatic carbocycles. The van der Waals surface area contributed by atoms with Crippen LogP contribution < -0.4 is 4.74 Å². The number of nitro benzene ring substituents is 1. The first-order valence-electron chi connectivity index (χ1n) is 6.19. The van der Waals surface area contributed by atoms with Crippen molar-refractivity contribution in [3.63, 3.8) is 0 Å². The van der Waals surface area contributed by atoms with E-state index < -0.39 is 23.3 Å². The van der Waals surface area contributed by atoms with E-state index in [-0.39, 0.29) is 18.3 Å². The van der Waals surface area contributed by atoms with E-state index in [4.69, 9.17) is 9.84 Å². The van der Waals surface area contributed by atoms with Crippen molar-refractivity contribution in [2.45, 2.75) is 19.9 Å². The number of non-ortho nitro benzene ring substituents is 1. The molecule has 0 saturated heterocycles. The smallest absolute Gasteiger partial charge is 0.323 e. The molecule has 21 heavy (non-hydrogen) atoms. The second kappa shape index (κ2) is 7.22. The Morgan fingerprint density at radius 1 is 1.33 bits per heavy atom. The van der Waals surface area contributed by atoms with Crippen molar-refractivity contribution in [1.82, 2.24) is 4.90 Å². The summed E-state index contributed by atoms with van der Waals surface area (Å²) in [7, 11) is 0. The highest BCUT2D eigenvalue weighted by Crippen LogP contribution is 2.17. The Balaban J connectivity index is 2.62. The van der Waals surface area contributed by atoms with Gasteiger partial charge in [-0.25, -0.2) is 0 Å². The van der Waals surface area contributed by atoms with Gasteiger partial charge in [0, 0.05) is 18.2 Å². The molecule has 1 aromatic carbocycles. The fourth-order valence-electron chi connectivity index (χ4n) is 1.60. The minimum Gasteiger partial charge on any atom is -0.484 e. The Bertz CT molecular complexity index is 526. The number of benzene rings is 1. The van der Waals surface area contributed by atoms with Gasteiger partial charge in [-0.05, 0) is 26.0 Å². The van der Waals surface area contributed by atoms with Crippen molar-refractivity contribution >= 4 is 17.6 Å². The third-order valence-electron chi connectivity index (χ3n) is 2.66. The number of amides is 1. The van der Waals surface area contributed by atoms with E-state index in [0.29, 0.717) is 5.75 Å². The maximum absolute atomic E-state index is 11.9. The number of carboxylic acids is 1. The van der Waals surface area contributed by atoms with Crippen LogP contribution in [0.25, 0.3) is 0 Å². The lowest BCUT2D eigenvalue weighted by Gasteiger charge is -2.24. The van der Waals surface area contributed by atoms with E-state index in [0.717, 1.165) is 0 Å². The standard InChI is InChI=1S/C13H16N2O6/c1-9(2)14(7-13(17)18)12(16)8-21-11-5-3-10(4-6-11)15(19)20/h3-6,9H,7-8H2,1-2H3,(H,17,18). The summed E-state index contributed by atoms with van der Waals surface area (Å²) < 4.78 is 5.21. The fraction of sp³-hybridized carbons (Fsp3) is 0.385. The molecule has 0 heterocycles. The molecular formula is C13H16N2O6. The maximum atomic E-state index is 11.9. The van der Waals surface area contributed by atoms with Gasteiger partial charge in [-0.15, -0.1) is 0 Å². The number of ether oxygens (including phenoxy) is 1. The topological polar surface area (TPSA) is 110 Å². The van der Waals surface area contributed by atoms with E-state index >= 15 is 0 Å². The molecule has 0 aliphatic rings. The van der Waals surface area contributed by atoms with Crippen LogP contribution in [0.5, 0.6) is 5.75 Å². The van der Waals surface area contributed by atoms with Crippen LogP contribution in [0.1, 0.15) is 13.8 Å². The lowest BCUT2D eigenvalue weighted by molar-refractivity contribution is -0.384. The summed E-state index contributed by atoms with van der Waals surface area (Å²) in [5, 5.41) is 19.2. The largest absolute Gasteiger partial charge is 0.484 e. The molecule has 0 atom stereocenters. The Kier molecular flexibility index (Phi) is 5.65. The number of nitrogens with zero attached hydrogens (tertiary/aromatic N) is 2. The van der Waals surface area contributed by atoms with Crippen molar-refractivity contribution in [2.24, 2.45) is 0 Å². The zero-order chi connectivity index (χ0) is 16.0. The Morgan fingerprint density at radius 3 is 2.33 bits per heavy atom. The van der Waals surface area contributed by atoms with Crippen molar-refractivity contribution in [2.75, 3.05) is 13.2 Å². The summed E-state index contributed by atoms with van der Waals surface area (Å²) in [5.74, 6) is -1.27. The molecule has 0 aromatic heterocycles. The minimum atomic E-state index is -1.10.